The summed E-state index contributed by atoms with van der Waals surface area (Å²) in [6.45, 7) is 5.90. The Morgan fingerprint density at radius 3 is 2.67 bits per heavy atom. The Hall–Kier alpha value is -1.60. The summed E-state index contributed by atoms with van der Waals surface area (Å²) in [6.07, 6.45) is 7.87. The van der Waals surface area contributed by atoms with Gasteiger partial charge in [0.1, 0.15) is 11.9 Å². The zero-order chi connectivity index (χ0) is 21.7. The third kappa shape index (κ3) is 3.86. The van der Waals surface area contributed by atoms with Crippen LogP contribution in [0.4, 0.5) is 0 Å². The van der Waals surface area contributed by atoms with Gasteiger partial charge in [0.05, 0.1) is 0 Å². The first kappa shape index (κ1) is 21.6. The molecule has 0 bridgehead atoms. The second-order valence-corrected chi connectivity index (χ2v) is 10.8. The molecule has 0 saturated heterocycles. The maximum atomic E-state index is 11.6. The van der Waals surface area contributed by atoms with Crippen LogP contribution in [0, 0.1) is 17.3 Å². The molecular formula is C23H33NO5S. The molecule has 4 rings (SSSR count). The fourth-order valence-corrected chi connectivity index (χ4v) is 7.06. The molecule has 0 amide bonds. The van der Waals surface area contributed by atoms with Crippen molar-refractivity contribution in [2.45, 2.75) is 84.2 Å². The van der Waals surface area contributed by atoms with Crippen molar-refractivity contribution in [1.82, 2.24) is 0 Å². The molecule has 0 aliphatic heterocycles. The molecule has 30 heavy (non-hydrogen) atoms. The van der Waals surface area contributed by atoms with Gasteiger partial charge in [0.25, 0.3) is 0 Å². The molecule has 0 unspecified atom stereocenters. The predicted molar refractivity (Wildman–Crippen MR) is 114 cm³/mol. The van der Waals surface area contributed by atoms with Crippen LogP contribution >= 0.6 is 0 Å². The monoisotopic (exact) mass is 435 g/mol. The van der Waals surface area contributed by atoms with Crippen molar-refractivity contribution in [3.8, 4) is 5.75 Å². The van der Waals surface area contributed by atoms with Crippen LogP contribution in [-0.2, 0) is 32.7 Å². The van der Waals surface area contributed by atoms with E-state index in [-0.39, 0.29) is 17.5 Å². The van der Waals surface area contributed by atoms with Crippen LogP contribution in [0.3, 0.4) is 0 Å². The van der Waals surface area contributed by atoms with E-state index in [0.29, 0.717) is 23.5 Å². The van der Waals surface area contributed by atoms with E-state index < -0.39 is 10.3 Å². The fourth-order valence-electron chi connectivity index (χ4n) is 6.66. The zero-order valence-corrected chi connectivity index (χ0v) is 19.0. The lowest BCUT2D eigenvalue weighted by molar-refractivity contribution is -0.154. The smallest absolute Gasteiger partial charge is 0.380 e. The summed E-state index contributed by atoms with van der Waals surface area (Å²) in [5, 5.41) is 5.15. The predicted octanol–water partition coefficient (Wildman–Crippen LogP) is 4.01. The molecule has 0 radical (unpaired) electrons. The normalized spacial score (nSPS) is 32.7. The van der Waals surface area contributed by atoms with E-state index in [4.69, 9.17) is 14.1 Å². The topological polar surface area (TPSA) is 95.7 Å². The first-order valence-electron chi connectivity index (χ1n) is 11.2. The van der Waals surface area contributed by atoms with Gasteiger partial charge in [-0.2, -0.15) is 13.6 Å². The van der Waals surface area contributed by atoms with E-state index in [9.17, 15) is 13.2 Å². The van der Waals surface area contributed by atoms with Crippen LogP contribution in [-0.4, -0.2) is 20.5 Å². The number of carbonyl (C=O) groups is 1. The summed E-state index contributed by atoms with van der Waals surface area (Å²) in [4.78, 5) is 11.6. The van der Waals surface area contributed by atoms with Crippen molar-refractivity contribution in [2.75, 3.05) is 0 Å². The molecule has 0 spiro atoms. The van der Waals surface area contributed by atoms with E-state index in [0.717, 1.165) is 56.9 Å². The summed E-state index contributed by atoms with van der Waals surface area (Å²) < 4.78 is 33.9. The number of carbonyl (C=O) groups excluding carboxylic acids is 1. The summed E-state index contributed by atoms with van der Waals surface area (Å²) in [5.41, 5.74) is 3.53. The Morgan fingerprint density at radius 2 is 2.00 bits per heavy atom. The Morgan fingerprint density at radius 1 is 1.23 bits per heavy atom. The minimum atomic E-state index is -4.05. The second-order valence-electron chi connectivity index (χ2n) is 9.62. The first-order chi connectivity index (χ1) is 14.1. The molecule has 7 heteroatoms. The van der Waals surface area contributed by atoms with Gasteiger partial charge in [0.2, 0.25) is 0 Å². The number of fused-ring (bicyclic) bond motifs is 5. The molecule has 1 aromatic carbocycles. The summed E-state index contributed by atoms with van der Waals surface area (Å²) in [5.74, 6) is 1.82. The third-order valence-electron chi connectivity index (χ3n) is 7.85. The van der Waals surface area contributed by atoms with E-state index in [2.05, 4.69) is 19.9 Å². The van der Waals surface area contributed by atoms with Gasteiger partial charge in [-0.05, 0) is 85.5 Å². The number of benzene rings is 1. The highest BCUT2D eigenvalue weighted by molar-refractivity contribution is 7.84. The van der Waals surface area contributed by atoms with Crippen LogP contribution < -0.4 is 9.32 Å². The molecule has 1 aromatic rings. The SMILES string of the molecule is CCCc1cc2c(cc1OS(N)(=O)=O)CC[C@@H]1[C@@H]2CC[C@]2(C)[C@@H](OC(C)=O)CC[C@@H]12. The molecule has 3 aliphatic rings. The van der Waals surface area contributed by atoms with Gasteiger partial charge >= 0.3 is 16.3 Å². The summed E-state index contributed by atoms with van der Waals surface area (Å²) >= 11 is 0. The highest BCUT2D eigenvalue weighted by Gasteiger charge is 2.56. The number of hydrogen-bond donors (Lipinski definition) is 1. The molecule has 166 valence electrons. The molecule has 2 N–H and O–H groups in total. The molecule has 0 aromatic heterocycles. The van der Waals surface area contributed by atoms with Gasteiger partial charge in [-0.15, -0.1) is 0 Å². The van der Waals surface area contributed by atoms with Gasteiger partial charge in [0, 0.05) is 12.3 Å². The van der Waals surface area contributed by atoms with Gasteiger partial charge < -0.3 is 8.92 Å². The quantitative estimate of drug-likeness (QED) is 0.705. The minimum absolute atomic E-state index is 0.0311. The van der Waals surface area contributed by atoms with Gasteiger partial charge in [-0.1, -0.05) is 26.3 Å². The van der Waals surface area contributed by atoms with Crippen LogP contribution in [0.1, 0.15) is 81.9 Å². The van der Waals surface area contributed by atoms with E-state index in [1.807, 2.05) is 6.07 Å². The van der Waals surface area contributed by atoms with E-state index in [1.165, 1.54) is 18.1 Å². The fraction of sp³-hybridized carbons (Fsp3) is 0.696. The number of aryl methyl sites for hydroxylation is 2. The highest BCUT2D eigenvalue weighted by Crippen LogP contribution is 2.61. The molecule has 0 heterocycles. The maximum absolute atomic E-state index is 11.6. The molecule has 3 aliphatic carbocycles. The van der Waals surface area contributed by atoms with Crippen molar-refractivity contribution in [1.29, 1.82) is 0 Å². The number of nitrogens with two attached hydrogens (primary N) is 1. The van der Waals surface area contributed by atoms with Crippen LogP contribution in [0.5, 0.6) is 5.75 Å². The van der Waals surface area contributed by atoms with Crippen molar-refractivity contribution in [2.24, 2.45) is 22.4 Å². The third-order valence-corrected chi connectivity index (χ3v) is 8.26. The van der Waals surface area contributed by atoms with Gasteiger partial charge in [-0.3, -0.25) is 4.79 Å². The Kier molecular flexibility index (Phi) is 5.64. The Bertz CT molecular complexity index is 943. The Labute approximate surface area is 179 Å². The van der Waals surface area contributed by atoms with E-state index in [1.54, 1.807) is 0 Å². The van der Waals surface area contributed by atoms with Gasteiger partial charge in [-0.25, -0.2) is 0 Å². The average Bonchev–Trinajstić information content (AvgIpc) is 2.97. The van der Waals surface area contributed by atoms with Gasteiger partial charge in [0.15, 0.2) is 0 Å². The molecule has 2 fully saturated rings. The zero-order valence-electron chi connectivity index (χ0n) is 18.1. The molecule has 6 nitrogen and oxygen atoms in total. The summed E-state index contributed by atoms with van der Waals surface area (Å²) in [7, 11) is -4.05. The number of esters is 1. The van der Waals surface area contributed by atoms with Crippen molar-refractivity contribution in [3.63, 3.8) is 0 Å². The average molecular weight is 436 g/mol. The number of hydrogen-bond acceptors (Lipinski definition) is 5. The van der Waals surface area contributed by atoms with E-state index >= 15 is 0 Å². The number of rotatable bonds is 5. The first-order valence-corrected chi connectivity index (χ1v) is 12.6. The molecule has 5 atom stereocenters. The second kappa shape index (κ2) is 7.83. The van der Waals surface area contributed by atoms with Crippen LogP contribution in [0.2, 0.25) is 0 Å². The van der Waals surface area contributed by atoms with Crippen molar-refractivity contribution in [3.05, 3.63) is 28.8 Å². The van der Waals surface area contributed by atoms with Crippen molar-refractivity contribution < 1.29 is 22.1 Å². The lowest BCUT2D eigenvalue weighted by Gasteiger charge is -2.50. The van der Waals surface area contributed by atoms with Crippen molar-refractivity contribution >= 4 is 16.3 Å². The molecule has 2 saturated carbocycles. The number of ether oxygens (including phenoxy) is 1. The lowest BCUT2D eigenvalue weighted by Crippen LogP contribution is -2.45. The maximum Gasteiger partial charge on any atom is 0.380 e. The standard InChI is InChI=1S/C23H33NO5S/c1-4-5-16-12-19-15(13-21(16)29-30(24,26)27)6-7-18-17(19)10-11-23(3)20(18)8-9-22(23)28-14(2)25/h12-13,17-18,20,22H,4-11H2,1-3H3,(H2,24,26,27)/t17-,18+,20-,22-,23-/m0/s1. The Balaban J connectivity index is 1.66. The summed E-state index contributed by atoms with van der Waals surface area (Å²) in [6, 6.07) is 4.09. The minimum Gasteiger partial charge on any atom is -0.462 e. The lowest BCUT2D eigenvalue weighted by atomic mass is 9.55. The van der Waals surface area contributed by atoms with Crippen LogP contribution in [0.15, 0.2) is 12.1 Å². The highest BCUT2D eigenvalue weighted by atomic mass is 32.2. The molecular weight excluding hydrogens is 402 g/mol. The van der Waals surface area contributed by atoms with Crippen LogP contribution in [0.25, 0.3) is 0 Å². The largest absolute Gasteiger partial charge is 0.462 e.